The number of thiophene rings is 1. The molecule has 5 rings (SSSR count). The Kier molecular flexibility index (Phi) is 6.35. The van der Waals surface area contributed by atoms with Gasteiger partial charge < -0.3 is 9.84 Å². The van der Waals surface area contributed by atoms with Crippen LogP contribution in [0.4, 0.5) is 5.69 Å². The number of hydrogen-bond acceptors (Lipinski definition) is 5. The van der Waals surface area contributed by atoms with Crippen molar-refractivity contribution in [3.8, 4) is 11.1 Å². The third-order valence-electron chi connectivity index (χ3n) is 6.85. The van der Waals surface area contributed by atoms with Crippen LogP contribution < -0.4 is 4.90 Å². The lowest BCUT2D eigenvalue weighted by molar-refractivity contribution is -0.120. The molecule has 174 valence electrons. The highest BCUT2D eigenvalue weighted by atomic mass is 32.1. The van der Waals surface area contributed by atoms with E-state index < -0.39 is 17.7 Å². The van der Waals surface area contributed by atoms with Gasteiger partial charge in [0.15, 0.2) is 11.5 Å². The predicted octanol–water partition coefficient (Wildman–Crippen LogP) is 6.22. The molecule has 2 heterocycles. The second-order valence-electron chi connectivity index (χ2n) is 8.88. The molecule has 2 aromatic carbocycles. The predicted molar refractivity (Wildman–Crippen MR) is 134 cm³/mol. The number of ether oxygens (including phenoxy) is 1. The Hall–Kier alpha value is -3.22. The Morgan fingerprint density at radius 3 is 2.47 bits per heavy atom. The van der Waals surface area contributed by atoms with Gasteiger partial charge in [0, 0.05) is 18.7 Å². The smallest absolute Gasteiger partial charge is 0.294 e. The van der Waals surface area contributed by atoms with E-state index in [1.54, 1.807) is 23.3 Å². The number of benzene rings is 2. The number of hydrogen-bond donors (Lipinski definition) is 1. The quantitative estimate of drug-likeness (QED) is 0.442. The molecule has 0 spiro atoms. The number of rotatable bonds is 7. The zero-order chi connectivity index (χ0) is 23.7. The van der Waals surface area contributed by atoms with Crippen LogP contribution in [-0.2, 0) is 20.9 Å². The maximum Gasteiger partial charge on any atom is 0.294 e. The second-order valence-corrected chi connectivity index (χ2v) is 9.66. The van der Waals surface area contributed by atoms with E-state index >= 15 is 0 Å². The van der Waals surface area contributed by atoms with Crippen molar-refractivity contribution in [1.82, 2.24) is 0 Å². The first-order valence-corrected chi connectivity index (χ1v) is 12.5. The molecule has 1 aliphatic heterocycles. The van der Waals surface area contributed by atoms with Crippen LogP contribution in [0.5, 0.6) is 0 Å². The molecule has 3 aromatic rings. The van der Waals surface area contributed by atoms with Gasteiger partial charge >= 0.3 is 0 Å². The molecular weight excluding hydrogens is 446 g/mol. The van der Waals surface area contributed by atoms with Crippen molar-refractivity contribution in [3.05, 3.63) is 87.8 Å². The van der Waals surface area contributed by atoms with Crippen molar-refractivity contribution < 1.29 is 19.4 Å². The fourth-order valence-electron chi connectivity index (χ4n) is 5.16. The van der Waals surface area contributed by atoms with Crippen LogP contribution in [0.15, 0.2) is 76.7 Å². The Morgan fingerprint density at radius 1 is 1.06 bits per heavy atom. The first-order valence-electron chi connectivity index (χ1n) is 11.6. The summed E-state index contributed by atoms with van der Waals surface area (Å²) in [7, 11) is 1.62. The van der Waals surface area contributed by atoms with Crippen molar-refractivity contribution in [1.29, 1.82) is 0 Å². The number of aliphatic hydroxyl groups is 1. The van der Waals surface area contributed by atoms with Gasteiger partial charge in [-0.2, -0.15) is 11.3 Å². The topological polar surface area (TPSA) is 66.8 Å². The molecule has 1 aliphatic carbocycles. The van der Waals surface area contributed by atoms with Crippen LogP contribution in [0.2, 0.25) is 0 Å². The van der Waals surface area contributed by atoms with E-state index in [4.69, 9.17) is 4.74 Å². The number of aliphatic hydroxyl groups excluding tert-OH is 1. The normalized spacial score (nSPS) is 18.8. The average molecular weight is 474 g/mol. The third kappa shape index (κ3) is 3.97. The molecule has 1 saturated carbocycles. The zero-order valence-electron chi connectivity index (χ0n) is 19.1. The maximum atomic E-state index is 13.6. The summed E-state index contributed by atoms with van der Waals surface area (Å²) in [6.45, 7) is 0.345. The van der Waals surface area contributed by atoms with E-state index in [0.29, 0.717) is 12.3 Å². The summed E-state index contributed by atoms with van der Waals surface area (Å²) in [6, 6.07) is 16.7. The van der Waals surface area contributed by atoms with Gasteiger partial charge in [0.25, 0.3) is 5.91 Å². The molecule has 1 fully saturated rings. The number of nitrogens with zero attached hydrogens (tertiary/aromatic N) is 1. The standard InChI is InChI=1S/C28H27NO4S/c1-33-16-20-8-4-5-9-23(20)25-24(26(30)19-6-2-3-7-19)27(31)28(32)29(25)22-12-10-18(11-13-22)21-14-15-34-17-21/h4-5,8-15,17,19,25,31H,2-3,6-7,16H2,1H3. The molecule has 34 heavy (non-hydrogen) atoms. The van der Waals surface area contributed by atoms with Gasteiger partial charge in [0.1, 0.15) is 0 Å². The fourth-order valence-corrected chi connectivity index (χ4v) is 5.82. The lowest BCUT2D eigenvalue weighted by Gasteiger charge is -2.29. The summed E-state index contributed by atoms with van der Waals surface area (Å²) in [4.78, 5) is 28.6. The zero-order valence-corrected chi connectivity index (χ0v) is 19.9. The minimum absolute atomic E-state index is 0.113. The van der Waals surface area contributed by atoms with Gasteiger partial charge in [-0.1, -0.05) is 49.2 Å². The number of amides is 1. The summed E-state index contributed by atoms with van der Waals surface area (Å²) in [5.41, 5.74) is 4.69. The first-order chi connectivity index (χ1) is 16.6. The molecule has 0 bridgehead atoms. The van der Waals surface area contributed by atoms with Crippen molar-refractivity contribution in [2.24, 2.45) is 5.92 Å². The average Bonchev–Trinajstić information content (AvgIpc) is 3.62. The van der Waals surface area contributed by atoms with Gasteiger partial charge in [-0.3, -0.25) is 14.5 Å². The summed E-state index contributed by atoms with van der Waals surface area (Å²) < 4.78 is 5.41. The largest absolute Gasteiger partial charge is 0.503 e. The van der Waals surface area contributed by atoms with E-state index in [2.05, 4.69) is 11.4 Å². The van der Waals surface area contributed by atoms with Crippen LogP contribution in [0.25, 0.3) is 11.1 Å². The second kappa shape index (κ2) is 9.57. The number of Topliss-reactive ketones (excluding diaryl/α,β-unsaturated/α-hetero) is 1. The summed E-state index contributed by atoms with van der Waals surface area (Å²) in [6.07, 6.45) is 3.59. The van der Waals surface area contributed by atoms with Crippen LogP contribution in [0.3, 0.4) is 0 Å². The van der Waals surface area contributed by atoms with E-state index in [1.165, 1.54) is 0 Å². The molecule has 2 aliphatic rings. The van der Waals surface area contributed by atoms with Gasteiger partial charge in [0.2, 0.25) is 0 Å². The SMILES string of the molecule is COCc1ccccc1C1C(C(=O)C2CCCC2)=C(O)C(=O)N1c1ccc(-c2ccsc2)cc1. The van der Waals surface area contributed by atoms with Crippen molar-refractivity contribution in [2.45, 2.75) is 38.3 Å². The summed E-state index contributed by atoms with van der Waals surface area (Å²) >= 11 is 1.63. The van der Waals surface area contributed by atoms with Crippen LogP contribution in [0.1, 0.15) is 42.9 Å². The van der Waals surface area contributed by atoms with E-state index in [9.17, 15) is 14.7 Å². The number of carbonyl (C=O) groups is 2. The molecule has 1 N–H and O–H groups in total. The number of carbonyl (C=O) groups excluding carboxylic acids is 2. The lowest BCUT2D eigenvalue weighted by Crippen LogP contribution is -2.32. The molecule has 1 aromatic heterocycles. The monoisotopic (exact) mass is 473 g/mol. The number of anilines is 1. The van der Waals surface area contributed by atoms with E-state index in [1.807, 2.05) is 53.9 Å². The van der Waals surface area contributed by atoms with Crippen LogP contribution in [-0.4, -0.2) is 23.9 Å². The molecule has 1 unspecified atom stereocenters. The highest BCUT2D eigenvalue weighted by Gasteiger charge is 2.46. The molecule has 5 nitrogen and oxygen atoms in total. The van der Waals surface area contributed by atoms with Crippen LogP contribution in [0, 0.1) is 5.92 Å². The third-order valence-corrected chi connectivity index (χ3v) is 7.53. The van der Waals surface area contributed by atoms with Crippen molar-refractivity contribution >= 4 is 28.7 Å². The molecule has 1 atom stereocenters. The number of ketones is 1. The van der Waals surface area contributed by atoms with E-state index in [0.717, 1.165) is 47.9 Å². The minimum Gasteiger partial charge on any atom is -0.503 e. The Morgan fingerprint density at radius 2 is 1.79 bits per heavy atom. The Bertz CT molecular complexity index is 1220. The molecule has 0 saturated heterocycles. The number of methoxy groups -OCH3 is 1. The first kappa shape index (κ1) is 22.6. The van der Waals surface area contributed by atoms with Gasteiger partial charge in [-0.05, 0) is 64.1 Å². The molecule has 6 heteroatoms. The van der Waals surface area contributed by atoms with Crippen molar-refractivity contribution in [3.63, 3.8) is 0 Å². The fraction of sp³-hybridized carbons (Fsp3) is 0.286. The van der Waals surface area contributed by atoms with Crippen molar-refractivity contribution in [2.75, 3.05) is 12.0 Å². The molecular formula is C28H27NO4S. The lowest BCUT2D eigenvalue weighted by atomic mass is 9.87. The highest BCUT2D eigenvalue weighted by Crippen LogP contribution is 2.44. The summed E-state index contributed by atoms with van der Waals surface area (Å²) in [5.74, 6) is -1.24. The Balaban J connectivity index is 1.61. The Labute approximate surface area is 203 Å². The molecule has 0 radical (unpaired) electrons. The summed E-state index contributed by atoms with van der Waals surface area (Å²) in [5, 5.41) is 15.1. The van der Waals surface area contributed by atoms with Gasteiger partial charge in [0.05, 0.1) is 18.2 Å². The van der Waals surface area contributed by atoms with Crippen LogP contribution >= 0.6 is 11.3 Å². The van der Waals surface area contributed by atoms with E-state index in [-0.39, 0.29) is 17.3 Å². The highest BCUT2D eigenvalue weighted by molar-refractivity contribution is 7.08. The maximum absolute atomic E-state index is 13.6. The van der Waals surface area contributed by atoms with Gasteiger partial charge in [-0.25, -0.2) is 0 Å². The molecule has 1 amide bonds. The minimum atomic E-state index is -0.695. The van der Waals surface area contributed by atoms with Gasteiger partial charge in [-0.15, -0.1) is 0 Å².